The second kappa shape index (κ2) is 7.66. The SMILES string of the molecule is CS(=O)(=O)CCSCCOc1ccccc1CN. The van der Waals surface area contributed by atoms with Gasteiger partial charge in [-0.1, -0.05) is 18.2 Å². The standard InChI is InChI=1S/C12H19NO3S2/c1-18(14,15)9-8-17-7-6-16-12-5-3-2-4-11(12)10-13/h2-5H,6-10,13H2,1H3. The molecule has 1 rings (SSSR count). The summed E-state index contributed by atoms with van der Waals surface area (Å²) in [6.45, 7) is 1.02. The molecule has 0 atom stereocenters. The lowest BCUT2D eigenvalue weighted by Gasteiger charge is -2.09. The molecule has 0 aromatic heterocycles. The van der Waals surface area contributed by atoms with E-state index in [1.54, 1.807) is 11.8 Å². The van der Waals surface area contributed by atoms with Crippen LogP contribution in [0.3, 0.4) is 0 Å². The summed E-state index contributed by atoms with van der Waals surface area (Å²) in [7, 11) is -2.85. The molecule has 0 aliphatic rings. The minimum absolute atomic E-state index is 0.219. The molecule has 0 fully saturated rings. The zero-order valence-electron chi connectivity index (χ0n) is 10.5. The topological polar surface area (TPSA) is 69.4 Å². The highest BCUT2D eigenvalue weighted by atomic mass is 32.2. The van der Waals surface area contributed by atoms with Crippen molar-refractivity contribution in [3.05, 3.63) is 29.8 Å². The summed E-state index contributed by atoms with van der Waals surface area (Å²) in [5.74, 6) is 2.41. The van der Waals surface area contributed by atoms with Crippen LogP contribution in [0.1, 0.15) is 5.56 Å². The third-order valence-electron chi connectivity index (χ3n) is 2.28. The molecule has 0 aliphatic heterocycles. The Kier molecular flexibility index (Phi) is 6.52. The quantitative estimate of drug-likeness (QED) is 0.731. The number of rotatable bonds is 8. The highest BCUT2D eigenvalue weighted by Gasteiger charge is 2.02. The molecular formula is C12H19NO3S2. The van der Waals surface area contributed by atoms with Gasteiger partial charge in [-0.15, -0.1) is 0 Å². The Balaban J connectivity index is 2.22. The van der Waals surface area contributed by atoms with E-state index >= 15 is 0 Å². The number of hydrogen-bond donors (Lipinski definition) is 1. The molecule has 2 N–H and O–H groups in total. The van der Waals surface area contributed by atoms with E-state index in [4.69, 9.17) is 10.5 Å². The van der Waals surface area contributed by atoms with Gasteiger partial charge in [0.1, 0.15) is 15.6 Å². The van der Waals surface area contributed by atoms with Gasteiger partial charge in [-0.3, -0.25) is 0 Å². The van der Waals surface area contributed by atoms with Gasteiger partial charge in [0.15, 0.2) is 0 Å². The fraction of sp³-hybridized carbons (Fsp3) is 0.500. The average molecular weight is 289 g/mol. The van der Waals surface area contributed by atoms with E-state index in [1.165, 1.54) is 6.26 Å². The minimum Gasteiger partial charge on any atom is -0.492 e. The van der Waals surface area contributed by atoms with Crippen LogP contribution in [0.4, 0.5) is 0 Å². The third kappa shape index (κ3) is 6.28. The van der Waals surface area contributed by atoms with E-state index in [-0.39, 0.29) is 5.75 Å². The van der Waals surface area contributed by atoms with Gasteiger partial charge in [0.25, 0.3) is 0 Å². The zero-order valence-corrected chi connectivity index (χ0v) is 12.1. The Morgan fingerprint density at radius 2 is 2.00 bits per heavy atom. The van der Waals surface area contributed by atoms with Gasteiger partial charge in [0.2, 0.25) is 0 Å². The second-order valence-corrected chi connectivity index (χ2v) is 7.39. The average Bonchev–Trinajstić information content (AvgIpc) is 2.32. The van der Waals surface area contributed by atoms with Crippen molar-refractivity contribution in [3.63, 3.8) is 0 Å². The summed E-state index contributed by atoms with van der Waals surface area (Å²) in [6.07, 6.45) is 1.25. The molecule has 0 saturated heterocycles. The van der Waals surface area contributed by atoms with Gasteiger partial charge in [-0.05, 0) is 6.07 Å². The predicted octanol–water partition coefficient (Wildman–Crippen LogP) is 1.30. The van der Waals surface area contributed by atoms with Crippen molar-refractivity contribution < 1.29 is 13.2 Å². The lowest BCUT2D eigenvalue weighted by molar-refractivity contribution is 0.340. The molecule has 0 aliphatic carbocycles. The van der Waals surface area contributed by atoms with Gasteiger partial charge in [-0.25, -0.2) is 8.42 Å². The van der Waals surface area contributed by atoms with Crippen molar-refractivity contribution in [1.82, 2.24) is 0 Å². The van der Waals surface area contributed by atoms with Crippen LogP contribution in [0.2, 0.25) is 0 Å². The fourth-order valence-corrected chi connectivity index (χ4v) is 3.42. The number of thioether (sulfide) groups is 1. The van der Waals surface area contributed by atoms with Crippen LogP contribution in [0.15, 0.2) is 24.3 Å². The van der Waals surface area contributed by atoms with E-state index in [9.17, 15) is 8.42 Å². The Bertz CT molecular complexity index is 460. The van der Waals surface area contributed by atoms with E-state index in [0.29, 0.717) is 18.9 Å². The number of nitrogens with two attached hydrogens (primary N) is 1. The van der Waals surface area contributed by atoms with Crippen LogP contribution in [0.5, 0.6) is 5.75 Å². The summed E-state index contributed by atoms with van der Waals surface area (Å²) >= 11 is 1.58. The van der Waals surface area contributed by atoms with Crippen LogP contribution in [0.25, 0.3) is 0 Å². The molecule has 0 heterocycles. The van der Waals surface area contributed by atoms with Gasteiger partial charge in [0, 0.05) is 29.9 Å². The number of hydrogen-bond acceptors (Lipinski definition) is 5. The molecule has 4 nitrogen and oxygen atoms in total. The van der Waals surface area contributed by atoms with E-state index in [2.05, 4.69) is 0 Å². The van der Waals surface area contributed by atoms with Gasteiger partial charge in [0.05, 0.1) is 12.4 Å². The third-order valence-corrected chi connectivity index (χ3v) is 4.43. The minimum atomic E-state index is -2.85. The molecular weight excluding hydrogens is 270 g/mol. The van der Waals surface area contributed by atoms with Crippen LogP contribution in [0, 0.1) is 0 Å². The monoisotopic (exact) mass is 289 g/mol. The molecule has 6 heteroatoms. The normalized spacial score (nSPS) is 11.4. The first-order chi connectivity index (χ1) is 8.53. The molecule has 0 unspecified atom stereocenters. The van der Waals surface area contributed by atoms with Crippen LogP contribution >= 0.6 is 11.8 Å². The molecule has 1 aromatic carbocycles. The Labute approximate surface area is 113 Å². The summed E-state index contributed by atoms with van der Waals surface area (Å²) < 4.78 is 27.4. The number of benzene rings is 1. The number of para-hydroxylation sites is 1. The maximum Gasteiger partial charge on any atom is 0.148 e. The van der Waals surface area contributed by atoms with Crippen molar-refractivity contribution in [3.8, 4) is 5.75 Å². The highest BCUT2D eigenvalue weighted by molar-refractivity contribution is 8.00. The lowest BCUT2D eigenvalue weighted by Crippen LogP contribution is -2.08. The predicted molar refractivity (Wildman–Crippen MR) is 76.9 cm³/mol. The molecule has 0 saturated carbocycles. The van der Waals surface area contributed by atoms with E-state index in [0.717, 1.165) is 17.1 Å². The summed E-state index contributed by atoms with van der Waals surface area (Å²) in [5.41, 5.74) is 6.58. The van der Waals surface area contributed by atoms with Crippen molar-refractivity contribution >= 4 is 21.6 Å². The molecule has 1 aromatic rings. The van der Waals surface area contributed by atoms with Gasteiger partial charge < -0.3 is 10.5 Å². The largest absolute Gasteiger partial charge is 0.492 e. The Morgan fingerprint density at radius 3 is 2.67 bits per heavy atom. The Hall–Kier alpha value is -0.720. The van der Waals surface area contributed by atoms with Crippen LogP contribution in [-0.2, 0) is 16.4 Å². The Morgan fingerprint density at radius 1 is 1.28 bits per heavy atom. The van der Waals surface area contributed by atoms with Gasteiger partial charge in [-0.2, -0.15) is 11.8 Å². The fourth-order valence-electron chi connectivity index (χ4n) is 1.34. The van der Waals surface area contributed by atoms with Crippen molar-refractivity contribution in [2.75, 3.05) is 30.1 Å². The molecule has 0 spiro atoms. The van der Waals surface area contributed by atoms with Crippen LogP contribution < -0.4 is 10.5 Å². The van der Waals surface area contributed by atoms with E-state index < -0.39 is 9.84 Å². The summed E-state index contributed by atoms with van der Waals surface area (Å²) in [4.78, 5) is 0. The highest BCUT2D eigenvalue weighted by Crippen LogP contribution is 2.17. The summed E-state index contributed by atoms with van der Waals surface area (Å²) in [5, 5.41) is 0. The number of sulfone groups is 1. The molecule has 102 valence electrons. The second-order valence-electron chi connectivity index (χ2n) is 3.90. The molecule has 0 bridgehead atoms. The van der Waals surface area contributed by atoms with Crippen LogP contribution in [-0.4, -0.2) is 38.5 Å². The number of ether oxygens (including phenoxy) is 1. The van der Waals surface area contributed by atoms with Crippen molar-refractivity contribution in [2.45, 2.75) is 6.54 Å². The molecule has 0 radical (unpaired) electrons. The zero-order chi connectivity index (χ0) is 13.4. The first-order valence-electron chi connectivity index (χ1n) is 5.69. The lowest BCUT2D eigenvalue weighted by atomic mass is 10.2. The van der Waals surface area contributed by atoms with E-state index in [1.807, 2.05) is 24.3 Å². The van der Waals surface area contributed by atoms with Crippen molar-refractivity contribution in [2.24, 2.45) is 5.73 Å². The van der Waals surface area contributed by atoms with Gasteiger partial charge >= 0.3 is 0 Å². The first kappa shape index (κ1) is 15.3. The summed E-state index contributed by atoms with van der Waals surface area (Å²) in [6, 6.07) is 7.66. The maximum atomic E-state index is 10.9. The molecule has 0 amide bonds. The van der Waals surface area contributed by atoms with Crippen molar-refractivity contribution in [1.29, 1.82) is 0 Å². The first-order valence-corrected chi connectivity index (χ1v) is 8.90. The maximum absolute atomic E-state index is 10.9. The molecule has 18 heavy (non-hydrogen) atoms. The smallest absolute Gasteiger partial charge is 0.148 e.